The molecule has 0 aliphatic heterocycles. The maximum Gasteiger partial charge on any atom is 0.124 e. The van der Waals surface area contributed by atoms with Gasteiger partial charge in [0.05, 0.1) is 7.11 Å². The highest BCUT2D eigenvalue weighted by Gasteiger charge is 2.04. The van der Waals surface area contributed by atoms with Crippen molar-refractivity contribution in [1.29, 1.82) is 0 Å². The van der Waals surface area contributed by atoms with E-state index in [-0.39, 0.29) is 5.75 Å². The summed E-state index contributed by atoms with van der Waals surface area (Å²) in [6.45, 7) is 1.84. The second-order valence-electron chi connectivity index (χ2n) is 2.69. The summed E-state index contributed by atoms with van der Waals surface area (Å²) in [5, 5.41) is 9.50. The number of aliphatic imine (C=N–C) groups is 1. The Morgan fingerprint density at radius 1 is 1.46 bits per heavy atom. The van der Waals surface area contributed by atoms with Crippen LogP contribution in [0.3, 0.4) is 0 Å². The van der Waals surface area contributed by atoms with E-state index in [1.54, 1.807) is 32.4 Å². The maximum atomic E-state index is 9.50. The van der Waals surface area contributed by atoms with E-state index < -0.39 is 0 Å². The number of benzene rings is 1. The van der Waals surface area contributed by atoms with Gasteiger partial charge >= 0.3 is 0 Å². The van der Waals surface area contributed by atoms with Crippen LogP contribution in [0.15, 0.2) is 23.2 Å². The number of methoxy groups -OCH3 is 1. The molecule has 0 aliphatic rings. The first-order valence-electron chi connectivity index (χ1n) is 3.99. The molecule has 3 nitrogen and oxygen atoms in total. The third kappa shape index (κ3) is 1.99. The van der Waals surface area contributed by atoms with E-state index in [4.69, 9.17) is 4.74 Å². The van der Waals surface area contributed by atoms with Gasteiger partial charge in [-0.15, -0.1) is 0 Å². The molecule has 0 fully saturated rings. The van der Waals surface area contributed by atoms with Gasteiger partial charge in [-0.05, 0) is 25.1 Å². The van der Waals surface area contributed by atoms with Gasteiger partial charge in [-0.3, -0.25) is 4.99 Å². The average molecular weight is 179 g/mol. The largest absolute Gasteiger partial charge is 0.507 e. The molecule has 0 aromatic heterocycles. The van der Waals surface area contributed by atoms with Crippen LogP contribution >= 0.6 is 0 Å². The lowest BCUT2D eigenvalue weighted by molar-refractivity contribution is 0.412. The van der Waals surface area contributed by atoms with Crippen molar-refractivity contribution in [3.8, 4) is 11.5 Å². The van der Waals surface area contributed by atoms with Gasteiger partial charge in [-0.2, -0.15) is 0 Å². The summed E-state index contributed by atoms with van der Waals surface area (Å²) < 4.78 is 5.04. The Kier molecular flexibility index (Phi) is 2.90. The molecule has 3 heteroatoms. The Morgan fingerprint density at radius 2 is 2.15 bits per heavy atom. The predicted octanol–water partition coefficient (Wildman–Crippen LogP) is 1.84. The first-order valence-corrected chi connectivity index (χ1v) is 3.99. The topological polar surface area (TPSA) is 41.8 Å². The molecule has 0 unspecified atom stereocenters. The summed E-state index contributed by atoms with van der Waals surface area (Å²) in [4.78, 5) is 4.00. The SMILES string of the molecule is C/N=C(/C)c1cc(OC)ccc1O. The fourth-order valence-corrected chi connectivity index (χ4v) is 1.05. The molecular weight excluding hydrogens is 166 g/mol. The van der Waals surface area contributed by atoms with Gasteiger partial charge < -0.3 is 9.84 Å². The second kappa shape index (κ2) is 3.94. The van der Waals surface area contributed by atoms with Crippen LogP contribution in [0.1, 0.15) is 12.5 Å². The molecular formula is C10H13NO2. The number of phenolic OH excluding ortho intramolecular Hbond substituents is 1. The number of nitrogens with zero attached hydrogens (tertiary/aromatic N) is 1. The Balaban J connectivity index is 3.19. The third-order valence-corrected chi connectivity index (χ3v) is 1.93. The summed E-state index contributed by atoms with van der Waals surface area (Å²) in [7, 11) is 3.28. The summed E-state index contributed by atoms with van der Waals surface area (Å²) in [6.07, 6.45) is 0. The Bertz CT molecular complexity index is 332. The molecule has 1 aromatic rings. The van der Waals surface area contributed by atoms with Crippen LogP contribution in [0, 0.1) is 0 Å². The number of aromatic hydroxyl groups is 1. The van der Waals surface area contributed by atoms with Gasteiger partial charge in [0.1, 0.15) is 11.5 Å². The van der Waals surface area contributed by atoms with Crippen LogP contribution in [0.2, 0.25) is 0 Å². The number of phenols is 1. The molecule has 1 N–H and O–H groups in total. The fourth-order valence-electron chi connectivity index (χ4n) is 1.05. The molecule has 0 saturated carbocycles. The normalized spacial score (nSPS) is 11.5. The zero-order chi connectivity index (χ0) is 9.84. The van der Waals surface area contributed by atoms with Crippen molar-refractivity contribution in [3.05, 3.63) is 23.8 Å². The smallest absolute Gasteiger partial charge is 0.124 e. The summed E-state index contributed by atoms with van der Waals surface area (Å²) >= 11 is 0. The zero-order valence-corrected chi connectivity index (χ0v) is 8.03. The van der Waals surface area contributed by atoms with Crippen LogP contribution in [0.25, 0.3) is 0 Å². The highest BCUT2D eigenvalue weighted by Crippen LogP contribution is 2.23. The number of hydrogen-bond acceptors (Lipinski definition) is 3. The Labute approximate surface area is 77.7 Å². The van der Waals surface area contributed by atoms with Crippen LogP contribution in [0.4, 0.5) is 0 Å². The zero-order valence-electron chi connectivity index (χ0n) is 8.03. The number of rotatable bonds is 2. The van der Waals surface area contributed by atoms with Gasteiger partial charge in [0.15, 0.2) is 0 Å². The van der Waals surface area contributed by atoms with Gasteiger partial charge in [0.2, 0.25) is 0 Å². The van der Waals surface area contributed by atoms with Crippen LogP contribution in [0.5, 0.6) is 11.5 Å². The van der Waals surface area contributed by atoms with Crippen LogP contribution in [-0.2, 0) is 0 Å². The Hall–Kier alpha value is -1.51. The van der Waals surface area contributed by atoms with Crippen LogP contribution in [-0.4, -0.2) is 25.0 Å². The van der Waals surface area contributed by atoms with Crippen molar-refractivity contribution in [2.75, 3.05) is 14.2 Å². The van der Waals surface area contributed by atoms with Gasteiger partial charge in [-0.1, -0.05) is 0 Å². The van der Waals surface area contributed by atoms with Crippen molar-refractivity contribution >= 4 is 5.71 Å². The average Bonchev–Trinajstić information content (AvgIpc) is 2.17. The van der Waals surface area contributed by atoms with Gasteiger partial charge in [-0.25, -0.2) is 0 Å². The maximum absolute atomic E-state index is 9.50. The molecule has 0 spiro atoms. The monoisotopic (exact) mass is 179 g/mol. The standard InChI is InChI=1S/C10H13NO2/c1-7(11-2)9-6-8(13-3)4-5-10(9)12/h4-6,12H,1-3H3/b11-7-. The van der Waals surface area contributed by atoms with Crippen molar-refractivity contribution in [2.24, 2.45) is 4.99 Å². The van der Waals surface area contributed by atoms with Crippen molar-refractivity contribution in [2.45, 2.75) is 6.92 Å². The molecule has 70 valence electrons. The first kappa shape index (κ1) is 9.58. The molecule has 0 aliphatic carbocycles. The molecule has 0 amide bonds. The third-order valence-electron chi connectivity index (χ3n) is 1.93. The molecule has 0 saturated heterocycles. The fraction of sp³-hybridized carbons (Fsp3) is 0.300. The predicted molar refractivity (Wildman–Crippen MR) is 52.8 cm³/mol. The van der Waals surface area contributed by atoms with Crippen molar-refractivity contribution in [3.63, 3.8) is 0 Å². The molecule has 0 bridgehead atoms. The molecule has 1 rings (SSSR count). The van der Waals surface area contributed by atoms with E-state index >= 15 is 0 Å². The minimum Gasteiger partial charge on any atom is -0.507 e. The lowest BCUT2D eigenvalue weighted by Crippen LogP contribution is -1.95. The van der Waals surface area contributed by atoms with E-state index in [1.165, 1.54) is 0 Å². The van der Waals surface area contributed by atoms with E-state index in [9.17, 15) is 5.11 Å². The highest BCUT2D eigenvalue weighted by atomic mass is 16.5. The first-order chi connectivity index (χ1) is 6.19. The minimum absolute atomic E-state index is 0.226. The molecule has 1 aromatic carbocycles. The van der Waals surface area contributed by atoms with E-state index in [2.05, 4.69) is 4.99 Å². The number of hydrogen-bond donors (Lipinski definition) is 1. The summed E-state index contributed by atoms with van der Waals surface area (Å²) in [5.74, 6) is 0.944. The molecule has 13 heavy (non-hydrogen) atoms. The van der Waals surface area contributed by atoms with Crippen molar-refractivity contribution < 1.29 is 9.84 Å². The van der Waals surface area contributed by atoms with E-state index in [0.29, 0.717) is 5.56 Å². The second-order valence-corrected chi connectivity index (χ2v) is 2.69. The van der Waals surface area contributed by atoms with Gasteiger partial charge in [0, 0.05) is 18.3 Å². The van der Waals surface area contributed by atoms with Crippen LogP contribution < -0.4 is 4.74 Å². The highest BCUT2D eigenvalue weighted by molar-refractivity contribution is 6.01. The molecule has 0 heterocycles. The Morgan fingerprint density at radius 3 is 2.69 bits per heavy atom. The van der Waals surface area contributed by atoms with E-state index in [1.807, 2.05) is 6.92 Å². The van der Waals surface area contributed by atoms with E-state index in [0.717, 1.165) is 11.5 Å². The number of ether oxygens (including phenoxy) is 1. The lowest BCUT2D eigenvalue weighted by Gasteiger charge is -2.05. The lowest BCUT2D eigenvalue weighted by atomic mass is 10.1. The van der Waals surface area contributed by atoms with Gasteiger partial charge in [0.25, 0.3) is 0 Å². The molecule has 0 radical (unpaired) electrons. The quantitative estimate of drug-likeness (QED) is 0.704. The molecule has 0 atom stereocenters. The summed E-state index contributed by atoms with van der Waals surface area (Å²) in [6, 6.07) is 5.07. The minimum atomic E-state index is 0.226. The van der Waals surface area contributed by atoms with Crippen molar-refractivity contribution in [1.82, 2.24) is 0 Å². The summed E-state index contributed by atoms with van der Waals surface area (Å²) in [5.41, 5.74) is 1.50.